The normalized spacial score (nSPS) is 15.4. The molecular weight excluding hydrogens is 320 g/mol. The summed E-state index contributed by atoms with van der Waals surface area (Å²) in [7, 11) is 0. The van der Waals surface area contributed by atoms with Crippen LogP contribution in [0.2, 0.25) is 0 Å². The van der Waals surface area contributed by atoms with Crippen LogP contribution in [0, 0.1) is 13.8 Å². The van der Waals surface area contributed by atoms with Gasteiger partial charge in [0.2, 0.25) is 0 Å². The summed E-state index contributed by atoms with van der Waals surface area (Å²) in [5, 5.41) is 15.3. The Morgan fingerprint density at radius 3 is 2.52 bits per heavy atom. The smallest absolute Gasteiger partial charge is 0.309 e. The van der Waals surface area contributed by atoms with Gasteiger partial charge in [0, 0.05) is 18.7 Å². The summed E-state index contributed by atoms with van der Waals surface area (Å²) in [5.74, 6) is 0.125. The summed E-state index contributed by atoms with van der Waals surface area (Å²) in [5.41, 5.74) is 2.08. The maximum atomic E-state index is 11.8. The first-order chi connectivity index (χ1) is 12.0. The van der Waals surface area contributed by atoms with E-state index in [1.54, 1.807) is 13.0 Å². The highest BCUT2D eigenvalue weighted by molar-refractivity contribution is 6.35. The molecule has 1 atom stereocenters. The molecule has 2 rings (SSSR count). The van der Waals surface area contributed by atoms with Crippen molar-refractivity contribution in [1.82, 2.24) is 10.6 Å². The molecule has 0 radical (unpaired) electrons. The Morgan fingerprint density at radius 1 is 1.20 bits per heavy atom. The number of carbonyl (C=O) groups is 2. The molecule has 1 aromatic rings. The molecule has 0 aromatic carbocycles. The monoisotopic (exact) mass is 348 g/mol. The topological polar surface area (TPSA) is 91.6 Å². The molecule has 0 spiro atoms. The van der Waals surface area contributed by atoms with Crippen molar-refractivity contribution in [2.24, 2.45) is 0 Å². The molecule has 1 aromatic heterocycles. The largest absolute Gasteiger partial charge is 0.466 e. The lowest BCUT2D eigenvalue weighted by atomic mass is 9.97. The van der Waals surface area contributed by atoms with Crippen LogP contribution in [0.15, 0.2) is 22.1 Å². The Labute approximate surface area is 148 Å². The second-order valence-electron chi connectivity index (χ2n) is 6.54. The minimum absolute atomic E-state index is 0.224. The lowest BCUT2D eigenvalue weighted by Gasteiger charge is -2.13. The quantitative estimate of drug-likeness (QED) is 0.521. The minimum atomic E-state index is -0.723. The fourth-order valence-electron chi connectivity index (χ4n) is 3.09. The number of hydrogen-bond acceptors (Lipinski definition) is 4. The number of carbonyl (C=O) groups excluding carboxylic acids is 2. The van der Waals surface area contributed by atoms with Crippen LogP contribution >= 0.6 is 0 Å². The Morgan fingerprint density at radius 2 is 1.92 bits per heavy atom. The Hall–Kier alpha value is -2.08. The van der Waals surface area contributed by atoms with Gasteiger partial charge in [-0.15, -0.1) is 0 Å². The van der Waals surface area contributed by atoms with Crippen molar-refractivity contribution in [2.45, 2.75) is 58.5 Å². The maximum Gasteiger partial charge on any atom is 0.309 e. The minimum Gasteiger partial charge on any atom is -0.466 e. The van der Waals surface area contributed by atoms with Gasteiger partial charge >= 0.3 is 11.8 Å². The number of aliphatic hydroxyl groups is 1. The number of aliphatic hydroxyl groups excluding tert-OH is 1. The third-order valence-electron chi connectivity index (χ3n) is 4.46. The zero-order valence-electron chi connectivity index (χ0n) is 15.1. The molecule has 6 heteroatoms. The second-order valence-corrected chi connectivity index (χ2v) is 6.54. The highest BCUT2D eigenvalue weighted by Crippen LogP contribution is 2.23. The number of allylic oxidation sites excluding steroid dienone is 1. The zero-order chi connectivity index (χ0) is 18.2. The third-order valence-corrected chi connectivity index (χ3v) is 4.46. The summed E-state index contributed by atoms with van der Waals surface area (Å²) in [6.07, 6.45) is 7.28. The molecule has 138 valence electrons. The van der Waals surface area contributed by atoms with Gasteiger partial charge < -0.3 is 20.2 Å². The van der Waals surface area contributed by atoms with Crippen molar-refractivity contribution in [3.05, 3.63) is 34.8 Å². The molecule has 1 unspecified atom stereocenters. The summed E-state index contributed by atoms with van der Waals surface area (Å²) >= 11 is 0. The van der Waals surface area contributed by atoms with Crippen LogP contribution in [0.1, 0.15) is 61.7 Å². The van der Waals surface area contributed by atoms with Gasteiger partial charge in [0.05, 0.1) is 6.10 Å². The molecule has 0 saturated carbocycles. The summed E-state index contributed by atoms with van der Waals surface area (Å²) < 4.78 is 5.38. The second kappa shape index (κ2) is 9.42. The van der Waals surface area contributed by atoms with E-state index in [-0.39, 0.29) is 6.54 Å². The number of furan rings is 1. The predicted octanol–water partition coefficient (Wildman–Crippen LogP) is 2.44. The molecular formula is C19H28N2O4. The fourth-order valence-corrected chi connectivity index (χ4v) is 3.09. The molecule has 0 bridgehead atoms. The Bertz CT molecular complexity index is 633. The molecule has 1 heterocycles. The standard InChI is InChI=1S/C19H28N2O4/c1-13-12-16(14(2)25-13)17(22)9-11-21-19(24)18(23)20-10-8-15-6-4-3-5-7-15/h6,12,17,22H,3-5,7-11H2,1-2H3,(H,20,23)(H,21,24). The van der Waals surface area contributed by atoms with Crippen LogP contribution < -0.4 is 10.6 Å². The number of aryl methyl sites for hydroxylation is 2. The molecule has 25 heavy (non-hydrogen) atoms. The predicted molar refractivity (Wildman–Crippen MR) is 94.9 cm³/mol. The molecule has 2 amide bonds. The van der Waals surface area contributed by atoms with Gasteiger partial charge in [0.15, 0.2) is 0 Å². The van der Waals surface area contributed by atoms with Gasteiger partial charge in [-0.3, -0.25) is 9.59 Å². The van der Waals surface area contributed by atoms with Crippen molar-refractivity contribution in [2.75, 3.05) is 13.1 Å². The molecule has 0 saturated heterocycles. The molecule has 0 aliphatic heterocycles. The van der Waals surface area contributed by atoms with E-state index in [1.807, 2.05) is 6.92 Å². The van der Waals surface area contributed by atoms with Gasteiger partial charge in [-0.2, -0.15) is 0 Å². The van der Waals surface area contributed by atoms with E-state index in [0.29, 0.717) is 18.7 Å². The first-order valence-electron chi connectivity index (χ1n) is 8.96. The van der Waals surface area contributed by atoms with Crippen LogP contribution in [0.5, 0.6) is 0 Å². The van der Waals surface area contributed by atoms with Gasteiger partial charge in [-0.1, -0.05) is 11.6 Å². The van der Waals surface area contributed by atoms with E-state index in [4.69, 9.17) is 4.42 Å². The summed E-state index contributed by atoms with van der Waals surface area (Å²) in [4.78, 5) is 23.5. The van der Waals surface area contributed by atoms with Gasteiger partial charge in [-0.05, 0) is 58.4 Å². The van der Waals surface area contributed by atoms with Gasteiger partial charge in [0.25, 0.3) is 0 Å². The van der Waals surface area contributed by atoms with E-state index >= 15 is 0 Å². The van der Waals surface area contributed by atoms with Crippen LogP contribution in [-0.4, -0.2) is 30.0 Å². The highest BCUT2D eigenvalue weighted by Gasteiger charge is 2.17. The van der Waals surface area contributed by atoms with E-state index < -0.39 is 17.9 Å². The fraction of sp³-hybridized carbons (Fsp3) is 0.579. The van der Waals surface area contributed by atoms with Crippen LogP contribution in [0.25, 0.3) is 0 Å². The first-order valence-corrected chi connectivity index (χ1v) is 8.96. The van der Waals surface area contributed by atoms with Crippen molar-refractivity contribution in [1.29, 1.82) is 0 Å². The average Bonchev–Trinajstić information content (AvgIpc) is 2.94. The Balaban J connectivity index is 1.64. The summed E-state index contributed by atoms with van der Waals surface area (Å²) in [6.45, 7) is 4.31. The maximum absolute atomic E-state index is 11.8. The number of rotatable bonds is 7. The third kappa shape index (κ3) is 6.05. The van der Waals surface area contributed by atoms with Crippen molar-refractivity contribution in [3.8, 4) is 0 Å². The molecule has 1 aliphatic carbocycles. The molecule has 6 nitrogen and oxygen atoms in total. The molecule has 0 fully saturated rings. The highest BCUT2D eigenvalue weighted by atomic mass is 16.3. The average molecular weight is 348 g/mol. The SMILES string of the molecule is Cc1cc(C(O)CCNC(=O)C(=O)NCCC2=CCCCC2)c(C)o1. The lowest BCUT2D eigenvalue weighted by molar-refractivity contribution is -0.139. The van der Waals surface area contributed by atoms with Crippen LogP contribution in [0.3, 0.4) is 0 Å². The number of nitrogens with one attached hydrogen (secondary N) is 2. The number of hydrogen-bond donors (Lipinski definition) is 3. The summed E-state index contributed by atoms with van der Waals surface area (Å²) in [6, 6.07) is 1.79. The van der Waals surface area contributed by atoms with E-state index in [2.05, 4.69) is 16.7 Å². The lowest BCUT2D eigenvalue weighted by Crippen LogP contribution is -2.40. The molecule has 3 N–H and O–H groups in total. The van der Waals surface area contributed by atoms with Crippen molar-refractivity contribution in [3.63, 3.8) is 0 Å². The molecule has 1 aliphatic rings. The van der Waals surface area contributed by atoms with Crippen LogP contribution in [0.4, 0.5) is 0 Å². The zero-order valence-corrected chi connectivity index (χ0v) is 15.1. The Kier molecular flexibility index (Phi) is 7.25. The van der Waals surface area contributed by atoms with Gasteiger partial charge in [-0.25, -0.2) is 0 Å². The first kappa shape index (κ1) is 19.2. The van der Waals surface area contributed by atoms with E-state index in [9.17, 15) is 14.7 Å². The van der Waals surface area contributed by atoms with Gasteiger partial charge in [0.1, 0.15) is 11.5 Å². The van der Waals surface area contributed by atoms with Crippen molar-refractivity contribution >= 4 is 11.8 Å². The van der Waals surface area contributed by atoms with E-state index in [1.165, 1.54) is 18.4 Å². The van der Waals surface area contributed by atoms with Crippen molar-refractivity contribution < 1.29 is 19.1 Å². The number of amides is 2. The van der Waals surface area contributed by atoms with Crippen LogP contribution in [-0.2, 0) is 9.59 Å². The van der Waals surface area contributed by atoms with E-state index in [0.717, 1.165) is 30.6 Å².